The number of amides is 1. The molecule has 22 heavy (non-hydrogen) atoms. The summed E-state index contributed by atoms with van der Waals surface area (Å²) in [7, 11) is -2.18. The van der Waals surface area contributed by atoms with Crippen molar-refractivity contribution in [1.29, 1.82) is 0 Å². The number of carbonyl (C=O) groups is 1. The third kappa shape index (κ3) is 3.39. The van der Waals surface area contributed by atoms with Crippen LogP contribution in [0.5, 0.6) is 0 Å². The first-order chi connectivity index (χ1) is 10.1. The van der Waals surface area contributed by atoms with Gasteiger partial charge in [-0.2, -0.15) is 12.3 Å². The van der Waals surface area contributed by atoms with Gasteiger partial charge in [-0.05, 0) is 29.6 Å². The van der Waals surface area contributed by atoms with Gasteiger partial charge in [0, 0.05) is 16.2 Å². The zero-order chi connectivity index (χ0) is 16.5. The predicted octanol–water partition coefficient (Wildman–Crippen LogP) is 2.79. The maximum atomic E-state index is 12.3. The summed E-state index contributed by atoms with van der Waals surface area (Å²) in [4.78, 5) is 12.5. The lowest BCUT2D eigenvalue weighted by Crippen LogP contribution is -2.46. The molecule has 118 valence electrons. The van der Waals surface area contributed by atoms with Gasteiger partial charge >= 0.3 is 0 Å². The molecule has 0 saturated carbocycles. The first-order valence-electron chi connectivity index (χ1n) is 6.08. The van der Waals surface area contributed by atoms with Crippen molar-refractivity contribution in [3.05, 3.63) is 45.1 Å². The molecule has 0 atom stereocenters. The highest BCUT2D eigenvalue weighted by Crippen LogP contribution is 2.32. The van der Waals surface area contributed by atoms with Crippen molar-refractivity contribution in [2.75, 3.05) is 19.4 Å². The zero-order valence-corrected chi connectivity index (χ0v) is 15.0. The van der Waals surface area contributed by atoms with Gasteiger partial charge in [0.1, 0.15) is 0 Å². The molecule has 0 radical (unpaired) electrons. The lowest BCUT2D eigenvalue weighted by atomic mass is 10.3. The molecule has 6 nitrogen and oxygen atoms in total. The van der Waals surface area contributed by atoms with E-state index < -0.39 is 20.1 Å². The van der Waals surface area contributed by atoms with E-state index in [-0.39, 0.29) is 10.6 Å². The predicted molar refractivity (Wildman–Crippen MR) is 89.8 cm³/mol. The van der Waals surface area contributed by atoms with Crippen molar-refractivity contribution < 1.29 is 17.8 Å². The molecule has 0 aliphatic carbocycles. The van der Waals surface area contributed by atoms with Crippen LogP contribution in [0.2, 0.25) is 0 Å². The summed E-state index contributed by atoms with van der Waals surface area (Å²) in [5.74, 6) is -0.456. The molecule has 0 bridgehead atoms. The number of benzene rings is 1. The minimum absolute atomic E-state index is 0.148. The number of halogens is 1. The highest BCUT2D eigenvalue weighted by atomic mass is 79.9. The number of rotatable bonds is 4. The molecule has 0 spiro atoms. The maximum Gasteiger partial charge on any atom is 0.271 e. The topological polar surface area (TPSA) is 86.3 Å². The Morgan fingerprint density at radius 1 is 1.23 bits per heavy atom. The number of nitrogens with zero attached hydrogens (tertiary/aromatic N) is 1. The van der Waals surface area contributed by atoms with Gasteiger partial charge in [0.15, 0.2) is 10.6 Å². The fraction of sp³-hybridized carbons (Fsp3) is 0.154. The third-order valence-corrected chi connectivity index (χ3v) is 5.84. The molecule has 1 aromatic heterocycles. The molecule has 0 saturated heterocycles. The zero-order valence-electron chi connectivity index (χ0n) is 11.7. The minimum Gasteiger partial charge on any atom is -0.701 e. The van der Waals surface area contributed by atoms with Gasteiger partial charge in [0.25, 0.3) is 16.2 Å². The molecule has 9 heteroatoms. The van der Waals surface area contributed by atoms with Gasteiger partial charge in [-0.25, -0.2) is 0 Å². The highest BCUT2D eigenvalue weighted by molar-refractivity contribution is 9.10. The third-order valence-electron chi connectivity index (χ3n) is 3.09. The van der Waals surface area contributed by atoms with Crippen molar-refractivity contribution >= 4 is 54.9 Å². The molecule has 1 amide bonds. The Balaban J connectivity index is 2.33. The van der Waals surface area contributed by atoms with Crippen molar-refractivity contribution in [1.82, 2.24) is 3.89 Å². The van der Waals surface area contributed by atoms with Crippen molar-refractivity contribution in [2.24, 2.45) is 0 Å². The Labute approximate surface area is 141 Å². The van der Waals surface area contributed by atoms with Gasteiger partial charge in [-0.1, -0.05) is 15.9 Å². The number of nitrogens with one attached hydrogen (secondary N) is 1. The van der Waals surface area contributed by atoms with Crippen LogP contribution in [-0.4, -0.2) is 33.0 Å². The quantitative estimate of drug-likeness (QED) is 0.626. The SMILES string of the molecule is C[N+](C)(c1ccsc1C(=O)Nc1ccc(Br)cc1)S(=O)(=O)[O-]. The van der Waals surface area contributed by atoms with Crippen LogP contribution in [-0.2, 0) is 10.3 Å². The number of hydrogen-bond acceptors (Lipinski definition) is 5. The van der Waals surface area contributed by atoms with E-state index >= 15 is 0 Å². The van der Waals surface area contributed by atoms with Crippen LogP contribution in [0.15, 0.2) is 40.2 Å². The smallest absolute Gasteiger partial charge is 0.271 e. The molecule has 1 N–H and O–H groups in total. The van der Waals surface area contributed by atoms with Crippen LogP contribution in [0.3, 0.4) is 0 Å². The number of thiophene rings is 1. The molecule has 1 aromatic carbocycles. The molecular weight excluding hydrogens is 392 g/mol. The lowest BCUT2D eigenvalue weighted by Gasteiger charge is -2.30. The summed E-state index contributed by atoms with van der Waals surface area (Å²) in [5.41, 5.74) is 0.720. The molecule has 0 aliphatic rings. The molecule has 2 rings (SSSR count). The first kappa shape index (κ1) is 17.1. The van der Waals surface area contributed by atoms with E-state index in [2.05, 4.69) is 21.2 Å². The average Bonchev–Trinajstić information content (AvgIpc) is 2.90. The van der Waals surface area contributed by atoms with Crippen molar-refractivity contribution in [2.45, 2.75) is 0 Å². The summed E-state index contributed by atoms with van der Waals surface area (Å²) < 4.78 is 34.2. The summed E-state index contributed by atoms with van der Waals surface area (Å²) in [6.07, 6.45) is 0. The van der Waals surface area contributed by atoms with E-state index in [1.165, 1.54) is 20.2 Å². The molecule has 2 aromatic rings. The van der Waals surface area contributed by atoms with Crippen LogP contribution in [0, 0.1) is 0 Å². The Hall–Kier alpha value is -1.26. The molecule has 1 heterocycles. The Kier molecular flexibility index (Phi) is 4.73. The van der Waals surface area contributed by atoms with Gasteiger partial charge in [0.2, 0.25) is 0 Å². The number of carbonyl (C=O) groups excluding carboxylic acids is 1. The second-order valence-electron chi connectivity index (χ2n) is 4.87. The van der Waals surface area contributed by atoms with Gasteiger partial charge in [-0.15, -0.1) is 11.3 Å². The van der Waals surface area contributed by atoms with Crippen LogP contribution in [0.4, 0.5) is 11.4 Å². The fourth-order valence-corrected chi connectivity index (χ4v) is 3.36. The second-order valence-corrected chi connectivity index (χ2v) is 8.47. The van der Waals surface area contributed by atoms with Gasteiger partial charge in [0.05, 0.1) is 14.1 Å². The minimum atomic E-state index is -4.65. The number of hydrogen-bond donors (Lipinski definition) is 1. The van der Waals surface area contributed by atoms with Crippen LogP contribution in [0.1, 0.15) is 9.67 Å². The molecule has 0 unspecified atom stereocenters. The fourth-order valence-electron chi connectivity index (χ4n) is 1.74. The van der Waals surface area contributed by atoms with Crippen LogP contribution < -0.4 is 9.21 Å². The Bertz CT molecular complexity index is 798. The summed E-state index contributed by atoms with van der Waals surface area (Å²) in [6.45, 7) is 0. The molecule has 0 fully saturated rings. The maximum absolute atomic E-state index is 12.3. The van der Waals surface area contributed by atoms with E-state index in [0.717, 1.165) is 15.8 Å². The monoisotopic (exact) mass is 404 g/mol. The van der Waals surface area contributed by atoms with Gasteiger partial charge in [-0.3, -0.25) is 4.79 Å². The molecular formula is C13H13BrN2O4S2. The number of quaternary nitrogens is 1. The summed E-state index contributed by atoms with van der Waals surface area (Å²) in [5, 5.41) is 4.26. The lowest BCUT2D eigenvalue weighted by molar-refractivity contribution is 0.103. The van der Waals surface area contributed by atoms with E-state index in [4.69, 9.17) is 0 Å². The molecule has 0 aliphatic heterocycles. The largest absolute Gasteiger partial charge is 0.701 e. The van der Waals surface area contributed by atoms with Crippen molar-refractivity contribution in [3.63, 3.8) is 0 Å². The second kappa shape index (κ2) is 6.09. The average molecular weight is 405 g/mol. The van der Waals surface area contributed by atoms with Crippen LogP contribution >= 0.6 is 27.3 Å². The summed E-state index contributed by atoms with van der Waals surface area (Å²) >= 11 is 4.38. The van der Waals surface area contributed by atoms with Crippen LogP contribution in [0.25, 0.3) is 0 Å². The van der Waals surface area contributed by atoms with E-state index in [9.17, 15) is 17.8 Å². The standard InChI is InChI=1S/C13H13BrN2O4S2/c1-16(2,22(18,19)20)11-7-8-21-12(11)13(17)15-10-5-3-9(14)4-6-10/h3-8H,1-2H3,(H-,15,17,18,19,20). The van der Waals surface area contributed by atoms with E-state index in [1.54, 1.807) is 29.6 Å². The Morgan fingerprint density at radius 2 is 1.82 bits per heavy atom. The van der Waals surface area contributed by atoms with Gasteiger partial charge < -0.3 is 9.87 Å². The first-order valence-corrected chi connectivity index (χ1v) is 9.11. The Morgan fingerprint density at radius 3 is 2.36 bits per heavy atom. The summed E-state index contributed by atoms with van der Waals surface area (Å²) in [6, 6.07) is 8.43. The van der Waals surface area contributed by atoms with Crippen molar-refractivity contribution in [3.8, 4) is 0 Å². The number of anilines is 1. The highest BCUT2D eigenvalue weighted by Gasteiger charge is 2.33. The van der Waals surface area contributed by atoms with E-state index in [0.29, 0.717) is 5.69 Å². The van der Waals surface area contributed by atoms with E-state index in [1.807, 2.05) is 0 Å². The normalized spacial score (nSPS) is 12.2.